The van der Waals surface area contributed by atoms with Gasteiger partial charge in [0.1, 0.15) is 0 Å². The van der Waals surface area contributed by atoms with E-state index in [1.54, 1.807) is 25.1 Å². The zero-order valence-electron chi connectivity index (χ0n) is 13.2. The Morgan fingerprint density at radius 2 is 1.96 bits per heavy atom. The van der Waals surface area contributed by atoms with E-state index >= 15 is 0 Å². The lowest BCUT2D eigenvalue weighted by atomic mass is 10.1. The Labute approximate surface area is 145 Å². The predicted octanol–water partition coefficient (Wildman–Crippen LogP) is 3.96. The van der Waals surface area contributed by atoms with Crippen LogP contribution < -0.4 is 5.32 Å². The molecule has 0 saturated carbocycles. The second kappa shape index (κ2) is 6.33. The number of hydrogen-bond acceptors (Lipinski definition) is 5. The number of fused-ring (bicyclic) bond motifs is 1. The third-order valence-electron chi connectivity index (χ3n) is 3.55. The molecule has 0 radical (unpaired) electrons. The Morgan fingerprint density at radius 3 is 2.67 bits per heavy atom. The molecule has 1 aromatic heterocycles. The van der Waals surface area contributed by atoms with E-state index in [2.05, 4.69) is 10.3 Å². The molecule has 0 aliphatic heterocycles. The van der Waals surface area contributed by atoms with Gasteiger partial charge >= 0.3 is 0 Å². The number of carbonyl (C=O) groups excluding carboxylic acids is 1. The number of aromatic nitrogens is 1. The summed E-state index contributed by atoms with van der Waals surface area (Å²) in [5.41, 5.74) is 2.53. The van der Waals surface area contributed by atoms with Crippen LogP contribution in [0.4, 0.5) is 5.13 Å². The molecule has 3 rings (SSSR count). The third-order valence-corrected chi connectivity index (χ3v) is 5.60. The van der Waals surface area contributed by atoms with Gasteiger partial charge < -0.3 is 5.32 Å². The number of nitrogens with zero attached hydrogens (tertiary/aromatic N) is 1. The van der Waals surface area contributed by atoms with Gasteiger partial charge in [0.15, 0.2) is 15.0 Å². The highest BCUT2D eigenvalue weighted by atomic mass is 32.2. The van der Waals surface area contributed by atoms with Crippen molar-refractivity contribution < 1.29 is 14.6 Å². The summed E-state index contributed by atoms with van der Waals surface area (Å²) in [6, 6.07) is 12.6. The maximum Gasteiger partial charge on any atom is 0.225 e. The third kappa shape index (κ3) is 3.47. The minimum absolute atomic E-state index is 0. The summed E-state index contributed by atoms with van der Waals surface area (Å²) in [5, 5.41) is 3.33. The molecular formula is C17H18N2O3S2. The number of benzene rings is 2. The van der Waals surface area contributed by atoms with E-state index in [9.17, 15) is 13.2 Å². The van der Waals surface area contributed by atoms with Crippen LogP contribution in [0.2, 0.25) is 0 Å². The molecule has 2 aromatic carbocycles. The first-order chi connectivity index (χ1) is 11.4. The molecule has 0 bridgehead atoms. The molecule has 1 amide bonds. The maximum absolute atomic E-state index is 11.7. The van der Waals surface area contributed by atoms with E-state index in [1.165, 1.54) is 17.6 Å². The van der Waals surface area contributed by atoms with E-state index in [1.807, 2.05) is 24.3 Å². The molecule has 0 aliphatic rings. The zero-order valence-corrected chi connectivity index (χ0v) is 14.9. The minimum Gasteiger partial charge on any atom is -0.302 e. The molecule has 5 nitrogen and oxygen atoms in total. The van der Waals surface area contributed by atoms with E-state index in [0.29, 0.717) is 16.4 Å². The van der Waals surface area contributed by atoms with Gasteiger partial charge in [0.05, 0.1) is 15.1 Å². The van der Waals surface area contributed by atoms with Crippen LogP contribution in [0, 0.1) is 0 Å². The lowest BCUT2D eigenvalue weighted by Crippen LogP contribution is -2.08. The van der Waals surface area contributed by atoms with Gasteiger partial charge in [-0.05, 0) is 35.4 Å². The molecule has 0 unspecified atom stereocenters. The van der Waals surface area contributed by atoms with Crippen molar-refractivity contribution in [2.45, 2.75) is 18.2 Å². The van der Waals surface area contributed by atoms with Crippen molar-refractivity contribution >= 4 is 42.4 Å². The number of rotatable bonds is 4. The quantitative estimate of drug-likeness (QED) is 0.762. The van der Waals surface area contributed by atoms with Crippen molar-refractivity contribution in [1.82, 2.24) is 4.98 Å². The van der Waals surface area contributed by atoms with Gasteiger partial charge in [0, 0.05) is 14.1 Å². The number of amides is 1. The highest BCUT2D eigenvalue weighted by Crippen LogP contribution is 2.31. The smallest absolute Gasteiger partial charge is 0.225 e. The van der Waals surface area contributed by atoms with Crippen LogP contribution in [-0.2, 0) is 14.6 Å². The molecule has 1 N–H and O–H groups in total. The van der Waals surface area contributed by atoms with Crippen LogP contribution in [-0.4, -0.2) is 25.6 Å². The first-order valence-electron chi connectivity index (χ1n) is 7.38. The fraction of sp³-hybridized carbons (Fsp3) is 0.176. The lowest BCUT2D eigenvalue weighted by molar-refractivity contribution is -0.115. The molecule has 1 heterocycles. The van der Waals surface area contributed by atoms with Crippen molar-refractivity contribution in [3.63, 3.8) is 0 Å². The van der Waals surface area contributed by atoms with Crippen molar-refractivity contribution in [2.75, 3.05) is 11.6 Å². The van der Waals surface area contributed by atoms with E-state index in [-0.39, 0.29) is 7.33 Å². The fourth-order valence-electron chi connectivity index (χ4n) is 2.27. The maximum atomic E-state index is 11.7. The summed E-state index contributed by atoms with van der Waals surface area (Å²) in [6.07, 6.45) is 1.60. The second-order valence-corrected chi connectivity index (χ2v) is 8.45. The summed E-state index contributed by atoms with van der Waals surface area (Å²) in [5.74, 6) is -0.0740. The second-order valence-electron chi connectivity index (χ2n) is 5.40. The Kier molecular flexibility index (Phi) is 4.38. The number of hydrogen-bond donors (Lipinski definition) is 1. The predicted molar refractivity (Wildman–Crippen MR) is 99.2 cm³/mol. The standard InChI is InChI=1S/C17H16N2O3S2.H2/c1-3-16(20)19-17-18-14-8-7-12(10-15(14)23-17)11-5-4-6-13(9-11)24(2,21)22;/h4-10H,3H2,1-2H3,(H,18,19,20);1H. The first kappa shape index (κ1) is 16.6. The van der Waals surface area contributed by atoms with Crippen molar-refractivity contribution in [3.8, 4) is 11.1 Å². The largest absolute Gasteiger partial charge is 0.302 e. The van der Waals surface area contributed by atoms with Crippen molar-refractivity contribution in [1.29, 1.82) is 0 Å². The van der Waals surface area contributed by atoms with Gasteiger partial charge in [-0.3, -0.25) is 4.79 Å². The molecule has 0 aliphatic carbocycles. The van der Waals surface area contributed by atoms with Gasteiger partial charge in [-0.1, -0.05) is 36.5 Å². The number of nitrogens with one attached hydrogen (secondary N) is 1. The highest BCUT2D eigenvalue weighted by Gasteiger charge is 2.10. The summed E-state index contributed by atoms with van der Waals surface area (Å²) in [7, 11) is -3.25. The Bertz CT molecular complexity index is 1030. The molecule has 7 heteroatoms. The van der Waals surface area contributed by atoms with Crippen molar-refractivity contribution in [2.24, 2.45) is 0 Å². The highest BCUT2D eigenvalue weighted by molar-refractivity contribution is 7.90. The Morgan fingerprint density at radius 1 is 1.21 bits per heavy atom. The van der Waals surface area contributed by atoms with Crippen LogP contribution in [0.15, 0.2) is 47.4 Å². The molecule has 126 valence electrons. The molecular weight excluding hydrogens is 344 g/mol. The van der Waals surface area contributed by atoms with E-state index in [4.69, 9.17) is 0 Å². The van der Waals surface area contributed by atoms with Crippen LogP contribution in [0.1, 0.15) is 14.8 Å². The molecule has 0 spiro atoms. The minimum atomic E-state index is -3.25. The summed E-state index contributed by atoms with van der Waals surface area (Å²) in [4.78, 5) is 16.2. The fourth-order valence-corrected chi connectivity index (χ4v) is 3.86. The Hall–Kier alpha value is -2.25. The van der Waals surface area contributed by atoms with Gasteiger partial charge in [0.25, 0.3) is 0 Å². The van der Waals surface area contributed by atoms with Crippen LogP contribution in [0.25, 0.3) is 21.3 Å². The van der Waals surface area contributed by atoms with E-state index in [0.717, 1.165) is 21.3 Å². The van der Waals surface area contributed by atoms with Gasteiger partial charge in [0.2, 0.25) is 5.91 Å². The molecule has 0 saturated heterocycles. The van der Waals surface area contributed by atoms with E-state index < -0.39 is 9.84 Å². The molecule has 0 atom stereocenters. The molecule has 0 fully saturated rings. The number of carbonyl (C=O) groups is 1. The monoisotopic (exact) mass is 362 g/mol. The van der Waals surface area contributed by atoms with Crippen LogP contribution in [0.3, 0.4) is 0 Å². The topological polar surface area (TPSA) is 76.1 Å². The average molecular weight is 362 g/mol. The summed E-state index contributed by atoms with van der Waals surface area (Å²) < 4.78 is 24.4. The SMILES string of the molecule is CCC(=O)Nc1nc2ccc(-c3cccc(S(C)(=O)=O)c3)cc2s1.[HH]. The van der Waals surface area contributed by atoms with Crippen molar-refractivity contribution in [3.05, 3.63) is 42.5 Å². The van der Waals surface area contributed by atoms with Gasteiger partial charge in [-0.25, -0.2) is 13.4 Å². The zero-order chi connectivity index (χ0) is 17.3. The Balaban J connectivity index is 0.00000225. The van der Waals surface area contributed by atoms with Crippen LogP contribution >= 0.6 is 11.3 Å². The lowest BCUT2D eigenvalue weighted by Gasteiger charge is -2.04. The summed E-state index contributed by atoms with van der Waals surface area (Å²) >= 11 is 1.40. The molecule has 3 aromatic rings. The summed E-state index contributed by atoms with van der Waals surface area (Å²) in [6.45, 7) is 1.79. The number of anilines is 1. The number of sulfone groups is 1. The number of thiazole rings is 1. The van der Waals surface area contributed by atoms with Gasteiger partial charge in [-0.2, -0.15) is 0 Å². The average Bonchev–Trinajstić information content (AvgIpc) is 2.95. The van der Waals surface area contributed by atoms with Crippen LogP contribution in [0.5, 0.6) is 0 Å². The first-order valence-corrected chi connectivity index (χ1v) is 10.1. The molecule has 24 heavy (non-hydrogen) atoms. The van der Waals surface area contributed by atoms with Gasteiger partial charge in [-0.15, -0.1) is 0 Å². The normalized spacial score (nSPS) is 11.6.